The van der Waals surface area contributed by atoms with Crippen molar-refractivity contribution in [2.75, 3.05) is 11.8 Å². The van der Waals surface area contributed by atoms with Crippen LogP contribution in [-0.2, 0) is 6.42 Å². The molecule has 0 unspecified atom stereocenters. The summed E-state index contributed by atoms with van der Waals surface area (Å²) in [6.07, 6.45) is 2.18. The van der Waals surface area contributed by atoms with Crippen LogP contribution < -0.4 is 9.46 Å². The maximum atomic E-state index is 13.8. The van der Waals surface area contributed by atoms with Crippen LogP contribution in [0.4, 0.5) is 10.2 Å². The van der Waals surface area contributed by atoms with Crippen LogP contribution in [-0.4, -0.2) is 22.5 Å². The molecule has 9 heteroatoms. The number of hydrogen-bond acceptors (Lipinski definition) is 7. The summed E-state index contributed by atoms with van der Waals surface area (Å²) in [5.74, 6) is 0.913. The van der Waals surface area contributed by atoms with Crippen molar-refractivity contribution in [3.05, 3.63) is 83.5 Å². The highest BCUT2D eigenvalue weighted by atomic mass is 35.5. The topological polar surface area (TPSA) is 73.1 Å². The molecule has 0 aliphatic heterocycles. The minimum atomic E-state index is -0.328. The lowest BCUT2D eigenvalue weighted by Gasteiger charge is -2.17. The number of rotatable bonds is 7. The van der Waals surface area contributed by atoms with Crippen molar-refractivity contribution in [3.8, 4) is 28.0 Å². The van der Waals surface area contributed by atoms with E-state index < -0.39 is 0 Å². The zero-order valence-corrected chi connectivity index (χ0v) is 20.5. The molecule has 35 heavy (non-hydrogen) atoms. The molecule has 0 aliphatic rings. The van der Waals surface area contributed by atoms with Gasteiger partial charge in [0.05, 0.1) is 18.3 Å². The number of nitrogens with zero attached hydrogens (tertiary/aromatic N) is 3. The van der Waals surface area contributed by atoms with E-state index in [2.05, 4.69) is 20.1 Å². The van der Waals surface area contributed by atoms with Gasteiger partial charge in [0, 0.05) is 38.1 Å². The molecule has 2 heterocycles. The van der Waals surface area contributed by atoms with Gasteiger partial charge in [-0.1, -0.05) is 41.9 Å². The first kappa shape index (κ1) is 23.1. The Kier molecular flexibility index (Phi) is 6.57. The number of aryl methyl sites for hydroxylation is 1. The normalized spacial score (nSPS) is 11.1. The van der Waals surface area contributed by atoms with Gasteiger partial charge in [0.15, 0.2) is 5.82 Å². The lowest BCUT2D eigenvalue weighted by atomic mass is 9.94. The zero-order valence-electron chi connectivity index (χ0n) is 18.9. The number of anilines is 1. The van der Waals surface area contributed by atoms with Crippen molar-refractivity contribution >= 4 is 40.3 Å². The fraction of sp³-hybridized carbons (Fsp3) is 0.115. The van der Waals surface area contributed by atoms with Crippen molar-refractivity contribution < 1.29 is 13.7 Å². The predicted octanol–water partition coefficient (Wildman–Crippen LogP) is 7.43. The summed E-state index contributed by atoms with van der Waals surface area (Å²) in [5, 5.41) is 14.2. The highest BCUT2D eigenvalue weighted by molar-refractivity contribution is 8.00. The summed E-state index contributed by atoms with van der Waals surface area (Å²) < 4.78 is 27.6. The summed E-state index contributed by atoms with van der Waals surface area (Å²) in [6.45, 7) is 2.03. The van der Waals surface area contributed by atoms with E-state index in [1.807, 2.05) is 43.3 Å². The molecule has 0 atom stereocenters. The van der Waals surface area contributed by atoms with Crippen LogP contribution in [0, 0.1) is 5.82 Å². The van der Waals surface area contributed by atoms with Gasteiger partial charge in [-0.15, -0.1) is 0 Å². The number of aromatic nitrogens is 3. The smallest absolute Gasteiger partial charge is 0.179 e. The molecular formula is C26H20ClFN4O2S. The van der Waals surface area contributed by atoms with E-state index in [0.717, 1.165) is 32.6 Å². The number of nitrogens with one attached hydrogen (secondary N) is 1. The molecule has 0 bridgehead atoms. The SMILES string of the molecule is CCc1nnc2cc(SNc3ccon3)ccc2c1-c1cc(Cl)c(-c2cccc(F)c2)cc1OC. The number of halogens is 2. The molecule has 5 rings (SSSR count). The number of fused-ring (bicyclic) bond motifs is 1. The number of benzene rings is 3. The summed E-state index contributed by atoms with van der Waals surface area (Å²) in [7, 11) is 1.61. The van der Waals surface area contributed by atoms with Crippen LogP contribution in [0.3, 0.4) is 0 Å². The molecule has 0 fully saturated rings. The Hall–Kier alpha value is -3.62. The van der Waals surface area contributed by atoms with Crippen LogP contribution in [0.5, 0.6) is 5.75 Å². The Morgan fingerprint density at radius 3 is 2.69 bits per heavy atom. The maximum Gasteiger partial charge on any atom is 0.179 e. The Labute approximate surface area is 210 Å². The first-order chi connectivity index (χ1) is 17.1. The number of ether oxygens (including phenoxy) is 1. The van der Waals surface area contributed by atoms with Crippen LogP contribution >= 0.6 is 23.5 Å². The second-order valence-electron chi connectivity index (χ2n) is 7.69. The Balaban J connectivity index is 1.61. The summed E-state index contributed by atoms with van der Waals surface area (Å²) in [5.41, 5.74) is 4.63. The Bertz CT molecular complexity index is 1510. The fourth-order valence-corrected chi connectivity index (χ4v) is 4.82. The molecule has 0 amide bonds. The second-order valence-corrected chi connectivity index (χ2v) is 8.97. The van der Waals surface area contributed by atoms with E-state index in [-0.39, 0.29) is 5.82 Å². The van der Waals surface area contributed by atoms with Gasteiger partial charge in [-0.05, 0) is 60.3 Å². The van der Waals surface area contributed by atoms with Crippen LogP contribution in [0.1, 0.15) is 12.6 Å². The van der Waals surface area contributed by atoms with Crippen LogP contribution in [0.15, 0.2) is 76.3 Å². The molecule has 0 spiro atoms. The van der Waals surface area contributed by atoms with Gasteiger partial charge in [0.1, 0.15) is 17.8 Å². The molecular weight excluding hydrogens is 487 g/mol. The summed E-state index contributed by atoms with van der Waals surface area (Å²) >= 11 is 8.12. The van der Waals surface area contributed by atoms with E-state index in [1.165, 1.54) is 30.3 Å². The molecule has 0 radical (unpaired) electrons. The fourth-order valence-electron chi connectivity index (χ4n) is 3.91. The quantitative estimate of drug-likeness (QED) is 0.230. The predicted molar refractivity (Wildman–Crippen MR) is 137 cm³/mol. The molecule has 0 saturated heterocycles. The van der Waals surface area contributed by atoms with Crippen LogP contribution in [0.2, 0.25) is 5.02 Å². The van der Waals surface area contributed by atoms with Crippen molar-refractivity contribution in [1.29, 1.82) is 0 Å². The average molecular weight is 507 g/mol. The minimum Gasteiger partial charge on any atom is -0.496 e. The third kappa shape index (κ3) is 4.67. The highest BCUT2D eigenvalue weighted by Crippen LogP contribution is 2.43. The first-order valence-corrected chi connectivity index (χ1v) is 12.0. The molecule has 5 aromatic rings. The Morgan fingerprint density at radius 1 is 1.06 bits per heavy atom. The maximum absolute atomic E-state index is 13.8. The van der Waals surface area contributed by atoms with Gasteiger partial charge in [-0.3, -0.25) is 0 Å². The second kappa shape index (κ2) is 9.93. The standard InChI is InChI=1S/C26H20ClFN4O2S/c1-3-22-26(18-8-7-17(12-23(18)30-29-22)35-32-25-9-10-34-31-25)20-13-21(27)19(14-24(20)33-2)15-5-4-6-16(28)11-15/h4-14H,3H2,1-2H3,(H,31,32). The van der Waals surface area contributed by atoms with E-state index >= 15 is 0 Å². The van der Waals surface area contributed by atoms with Crippen molar-refractivity contribution in [1.82, 2.24) is 15.4 Å². The molecule has 0 saturated carbocycles. The van der Waals surface area contributed by atoms with Gasteiger partial charge in [0.2, 0.25) is 0 Å². The lowest BCUT2D eigenvalue weighted by Crippen LogP contribution is -2.00. The molecule has 6 nitrogen and oxygen atoms in total. The van der Waals surface area contributed by atoms with Gasteiger partial charge < -0.3 is 14.0 Å². The van der Waals surface area contributed by atoms with Gasteiger partial charge >= 0.3 is 0 Å². The molecule has 2 aromatic heterocycles. The molecule has 3 aromatic carbocycles. The molecule has 1 N–H and O–H groups in total. The summed E-state index contributed by atoms with van der Waals surface area (Å²) in [6, 6.07) is 17.7. The lowest BCUT2D eigenvalue weighted by molar-refractivity contribution is 0.416. The average Bonchev–Trinajstić information content (AvgIpc) is 3.40. The zero-order chi connectivity index (χ0) is 24.4. The molecule has 176 valence electrons. The molecule has 0 aliphatic carbocycles. The van der Waals surface area contributed by atoms with E-state index in [1.54, 1.807) is 19.2 Å². The van der Waals surface area contributed by atoms with Gasteiger partial charge in [-0.2, -0.15) is 10.2 Å². The number of hydrogen-bond donors (Lipinski definition) is 1. The van der Waals surface area contributed by atoms with Crippen molar-refractivity contribution in [2.45, 2.75) is 18.2 Å². The minimum absolute atomic E-state index is 0.328. The first-order valence-electron chi connectivity index (χ1n) is 10.8. The van der Waals surface area contributed by atoms with Crippen molar-refractivity contribution in [2.24, 2.45) is 0 Å². The van der Waals surface area contributed by atoms with Crippen LogP contribution in [0.25, 0.3) is 33.2 Å². The monoisotopic (exact) mass is 506 g/mol. The third-order valence-electron chi connectivity index (χ3n) is 5.55. The van der Waals surface area contributed by atoms with E-state index in [9.17, 15) is 4.39 Å². The van der Waals surface area contributed by atoms with E-state index in [0.29, 0.717) is 34.1 Å². The highest BCUT2D eigenvalue weighted by Gasteiger charge is 2.19. The number of methoxy groups -OCH3 is 1. The van der Waals surface area contributed by atoms with Gasteiger partial charge in [-0.25, -0.2) is 4.39 Å². The third-order valence-corrected chi connectivity index (χ3v) is 6.66. The van der Waals surface area contributed by atoms with Gasteiger partial charge in [0.25, 0.3) is 0 Å². The Morgan fingerprint density at radius 2 is 1.94 bits per heavy atom. The van der Waals surface area contributed by atoms with Crippen molar-refractivity contribution in [3.63, 3.8) is 0 Å². The van der Waals surface area contributed by atoms with E-state index in [4.69, 9.17) is 20.9 Å². The largest absolute Gasteiger partial charge is 0.496 e. The summed E-state index contributed by atoms with van der Waals surface area (Å²) in [4.78, 5) is 0.941.